The molecule has 78 valence electrons. The molecule has 3 heteroatoms. The van der Waals surface area contributed by atoms with Crippen LogP contribution < -0.4 is 5.32 Å². The van der Waals surface area contributed by atoms with E-state index in [1.165, 1.54) is 0 Å². The summed E-state index contributed by atoms with van der Waals surface area (Å²) in [5.74, 6) is 0.286. The highest BCUT2D eigenvalue weighted by Gasteiger charge is 2.21. The fourth-order valence-corrected chi connectivity index (χ4v) is 2.04. The van der Waals surface area contributed by atoms with Gasteiger partial charge in [-0.3, -0.25) is 5.32 Å². The molecule has 2 atom stereocenters. The van der Waals surface area contributed by atoms with E-state index in [1.807, 2.05) is 12.1 Å². The van der Waals surface area contributed by atoms with Crippen LogP contribution >= 0.6 is 0 Å². The molecule has 0 radical (unpaired) electrons. The number of nitrogens with one attached hydrogen (secondary N) is 1. The second-order valence-electron chi connectivity index (χ2n) is 3.93. The molecule has 2 N–H and O–H groups in total. The van der Waals surface area contributed by atoms with Crippen LogP contribution in [0.15, 0.2) is 24.3 Å². The van der Waals surface area contributed by atoms with E-state index < -0.39 is 0 Å². The van der Waals surface area contributed by atoms with Crippen LogP contribution in [0.3, 0.4) is 0 Å². The van der Waals surface area contributed by atoms with E-state index >= 15 is 0 Å². The molecule has 1 heterocycles. The third kappa shape index (κ3) is 2.28. The summed E-state index contributed by atoms with van der Waals surface area (Å²) in [5, 5.41) is 21.5. The van der Waals surface area contributed by atoms with Crippen molar-refractivity contribution in [2.75, 3.05) is 0 Å². The second-order valence-corrected chi connectivity index (χ2v) is 3.93. The van der Waals surface area contributed by atoms with E-state index in [-0.39, 0.29) is 17.8 Å². The molecule has 1 aromatic carbocycles. The highest BCUT2D eigenvalue weighted by atomic mass is 16.3. The zero-order valence-electron chi connectivity index (χ0n) is 8.48. The zero-order valence-corrected chi connectivity index (χ0v) is 8.48. The number of phenolic OH excluding ortho intramolecular Hbond substituents is 1. The van der Waals surface area contributed by atoms with Crippen molar-refractivity contribution in [1.82, 2.24) is 5.32 Å². The molecule has 0 bridgehead atoms. The van der Waals surface area contributed by atoms with Crippen LogP contribution in [0, 0.1) is 11.3 Å². The van der Waals surface area contributed by atoms with Crippen LogP contribution in [0.1, 0.15) is 30.9 Å². The lowest BCUT2D eigenvalue weighted by Crippen LogP contribution is -2.35. The third-order valence-corrected chi connectivity index (χ3v) is 2.82. The van der Waals surface area contributed by atoms with Crippen LogP contribution in [0.2, 0.25) is 0 Å². The Hall–Kier alpha value is -1.53. The summed E-state index contributed by atoms with van der Waals surface area (Å²) in [5.41, 5.74) is 1.06. The fourth-order valence-electron chi connectivity index (χ4n) is 2.04. The molecule has 0 amide bonds. The standard InChI is InChI=1S/C12H14N2O/c13-8-10-4-2-6-12(14-10)9-3-1-5-11(15)7-9/h1,3,5,7,10,12,14-15H,2,4,6H2. The summed E-state index contributed by atoms with van der Waals surface area (Å²) in [6, 6.07) is 9.64. The van der Waals surface area contributed by atoms with Gasteiger partial charge >= 0.3 is 0 Å². The highest BCUT2D eigenvalue weighted by Crippen LogP contribution is 2.27. The smallest absolute Gasteiger partial charge is 0.115 e. The Balaban J connectivity index is 2.14. The Labute approximate surface area is 89.4 Å². The van der Waals surface area contributed by atoms with Crippen molar-refractivity contribution in [3.63, 3.8) is 0 Å². The number of hydrogen-bond donors (Lipinski definition) is 2. The first kappa shape index (κ1) is 10.0. The summed E-state index contributed by atoms with van der Waals surface area (Å²) in [6.45, 7) is 0. The molecule has 1 aromatic rings. The summed E-state index contributed by atoms with van der Waals surface area (Å²) < 4.78 is 0. The minimum absolute atomic E-state index is 0.0499. The number of nitriles is 1. The normalized spacial score (nSPS) is 25.8. The first-order chi connectivity index (χ1) is 7.29. The molecular weight excluding hydrogens is 188 g/mol. The van der Waals surface area contributed by atoms with Gasteiger partial charge in [-0.05, 0) is 37.0 Å². The first-order valence-electron chi connectivity index (χ1n) is 5.24. The minimum Gasteiger partial charge on any atom is -0.508 e. The number of benzene rings is 1. The van der Waals surface area contributed by atoms with Crippen molar-refractivity contribution >= 4 is 0 Å². The maximum Gasteiger partial charge on any atom is 0.115 e. The summed E-state index contributed by atoms with van der Waals surface area (Å²) >= 11 is 0. The molecule has 0 aromatic heterocycles. The maximum atomic E-state index is 9.37. The number of rotatable bonds is 1. The Morgan fingerprint density at radius 2 is 2.27 bits per heavy atom. The Bertz CT molecular complexity index is 383. The van der Waals surface area contributed by atoms with Gasteiger partial charge in [0.2, 0.25) is 0 Å². The predicted octanol–water partition coefficient (Wildman–Crippen LogP) is 2.10. The molecule has 2 rings (SSSR count). The molecule has 1 fully saturated rings. The van der Waals surface area contributed by atoms with Gasteiger partial charge in [0.25, 0.3) is 0 Å². The van der Waals surface area contributed by atoms with Crippen molar-refractivity contribution < 1.29 is 5.11 Å². The zero-order chi connectivity index (χ0) is 10.7. The topological polar surface area (TPSA) is 56.0 Å². The molecule has 0 spiro atoms. The molecule has 1 aliphatic heterocycles. The monoisotopic (exact) mass is 202 g/mol. The Morgan fingerprint density at radius 3 is 3.00 bits per heavy atom. The molecule has 0 saturated carbocycles. The quantitative estimate of drug-likeness (QED) is 0.733. The number of nitrogens with zero attached hydrogens (tertiary/aromatic N) is 1. The van der Waals surface area contributed by atoms with Crippen LogP contribution in [-0.4, -0.2) is 11.1 Å². The summed E-state index contributed by atoms with van der Waals surface area (Å²) in [6.07, 6.45) is 3.01. The van der Waals surface area contributed by atoms with Gasteiger partial charge in [-0.25, -0.2) is 0 Å². The highest BCUT2D eigenvalue weighted by molar-refractivity contribution is 5.29. The van der Waals surface area contributed by atoms with E-state index in [1.54, 1.807) is 12.1 Å². The molecule has 0 aliphatic carbocycles. The van der Waals surface area contributed by atoms with Gasteiger partial charge < -0.3 is 5.11 Å². The third-order valence-electron chi connectivity index (χ3n) is 2.82. The second kappa shape index (κ2) is 4.33. The number of aromatic hydroxyl groups is 1. The lowest BCUT2D eigenvalue weighted by Gasteiger charge is -2.27. The molecule has 3 nitrogen and oxygen atoms in total. The van der Waals surface area contributed by atoms with Crippen molar-refractivity contribution in [1.29, 1.82) is 5.26 Å². The van der Waals surface area contributed by atoms with Crippen molar-refractivity contribution in [2.24, 2.45) is 0 Å². The lowest BCUT2D eigenvalue weighted by atomic mass is 9.94. The van der Waals surface area contributed by atoms with E-state index in [0.717, 1.165) is 24.8 Å². The van der Waals surface area contributed by atoms with Gasteiger partial charge in [0.15, 0.2) is 0 Å². The average Bonchev–Trinajstić information content (AvgIpc) is 2.29. The molecule has 15 heavy (non-hydrogen) atoms. The molecular formula is C12H14N2O. The number of piperidine rings is 1. The van der Waals surface area contributed by atoms with E-state index in [2.05, 4.69) is 11.4 Å². The van der Waals surface area contributed by atoms with Crippen LogP contribution in [0.4, 0.5) is 0 Å². The van der Waals surface area contributed by atoms with Crippen LogP contribution in [0.5, 0.6) is 5.75 Å². The molecule has 1 saturated heterocycles. The van der Waals surface area contributed by atoms with E-state index in [4.69, 9.17) is 5.26 Å². The van der Waals surface area contributed by atoms with Gasteiger partial charge in [-0.2, -0.15) is 5.26 Å². The average molecular weight is 202 g/mol. The first-order valence-corrected chi connectivity index (χ1v) is 5.24. The molecule has 2 unspecified atom stereocenters. The van der Waals surface area contributed by atoms with Gasteiger partial charge in [-0.1, -0.05) is 12.1 Å². The minimum atomic E-state index is -0.0499. The number of hydrogen-bond acceptors (Lipinski definition) is 3. The van der Waals surface area contributed by atoms with Crippen molar-refractivity contribution in [3.8, 4) is 11.8 Å². The Morgan fingerprint density at radius 1 is 1.40 bits per heavy atom. The predicted molar refractivity (Wildman–Crippen MR) is 57.2 cm³/mol. The van der Waals surface area contributed by atoms with Crippen LogP contribution in [0.25, 0.3) is 0 Å². The number of phenols is 1. The van der Waals surface area contributed by atoms with Gasteiger partial charge in [0.1, 0.15) is 5.75 Å². The van der Waals surface area contributed by atoms with E-state index in [9.17, 15) is 5.11 Å². The largest absolute Gasteiger partial charge is 0.508 e. The van der Waals surface area contributed by atoms with Gasteiger partial charge in [-0.15, -0.1) is 0 Å². The SMILES string of the molecule is N#CC1CCCC(c2cccc(O)c2)N1. The lowest BCUT2D eigenvalue weighted by molar-refractivity contribution is 0.366. The maximum absolute atomic E-state index is 9.37. The summed E-state index contributed by atoms with van der Waals surface area (Å²) in [7, 11) is 0. The van der Waals surface area contributed by atoms with Crippen LogP contribution in [-0.2, 0) is 0 Å². The van der Waals surface area contributed by atoms with Gasteiger partial charge in [0, 0.05) is 6.04 Å². The summed E-state index contributed by atoms with van der Waals surface area (Å²) in [4.78, 5) is 0. The fraction of sp³-hybridized carbons (Fsp3) is 0.417. The van der Waals surface area contributed by atoms with Crippen molar-refractivity contribution in [3.05, 3.63) is 29.8 Å². The molecule has 1 aliphatic rings. The Kier molecular flexibility index (Phi) is 2.89. The van der Waals surface area contributed by atoms with E-state index in [0.29, 0.717) is 0 Å². The van der Waals surface area contributed by atoms with Crippen molar-refractivity contribution in [2.45, 2.75) is 31.3 Å². The van der Waals surface area contributed by atoms with Gasteiger partial charge in [0.05, 0.1) is 12.1 Å².